The Morgan fingerprint density at radius 1 is 1.41 bits per heavy atom. The van der Waals surface area contributed by atoms with Gasteiger partial charge in [-0.3, -0.25) is 4.79 Å². The number of amides is 1. The normalized spacial score (nSPS) is 22.0. The van der Waals surface area contributed by atoms with Crippen LogP contribution >= 0.6 is 0 Å². The zero-order valence-electron chi connectivity index (χ0n) is 10.9. The van der Waals surface area contributed by atoms with E-state index in [1.54, 1.807) is 0 Å². The standard InChI is InChI=1S/C12H21NO4/c1-12(2,3)9(11(15)16-4)13-10(14)8-6-5-7-17-8/h8-9H,5-7H2,1-4H3,(H,13,14)/t8-,9-/m1/s1. The van der Waals surface area contributed by atoms with Gasteiger partial charge in [0.25, 0.3) is 0 Å². The van der Waals surface area contributed by atoms with E-state index < -0.39 is 18.1 Å². The van der Waals surface area contributed by atoms with Crippen molar-refractivity contribution in [3.05, 3.63) is 0 Å². The molecule has 0 aromatic rings. The van der Waals surface area contributed by atoms with Crippen molar-refractivity contribution in [3.8, 4) is 0 Å². The molecule has 0 aliphatic carbocycles. The van der Waals surface area contributed by atoms with E-state index in [0.717, 1.165) is 6.42 Å². The summed E-state index contributed by atoms with van der Waals surface area (Å²) >= 11 is 0. The van der Waals surface area contributed by atoms with Gasteiger partial charge in [-0.15, -0.1) is 0 Å². The Morgan fingerprint density at radius 3 is 2.47 bits per heavy atom. The van der Waals surface area contributed by atoms with Crippen LogP contribution in [0.15, 0.2) is 0 Å². The maximum atomic E-state index is 11.9. The largest absolute Gasteiger partial charge is 0.467 e. The third-order valence-corrected chi connectivity index (χ3v) is 2.81. The predicted octanol–water partition coefficient (Wildman–Crippen LogP) is 0.869. The van der Waals surface area contributed by atoms with Crippen molar-refractivity contribution < 1.29 is 19.1 Å². The Bertz CT molecular complexity index is 289. The van der Waals surface area contributed by atoms with Crippen molar-refractivity contribution in [2.75, 3.05) is 13.7 Å². The molecule has 0 saturated carbocycles. The fraction of sp³-hybridized carbons (Fsp3) is 0.833. The second kappa shape index (κ2) is 5.49. The summed E-state index contributed by atoms with van der Waals surface area (Å²) in [5.74, 6) is -0.656. The van der Waals surface area contributed by atoms with E-state index in [9.17, 15) is 9.59 Å². The maximum Gasteiger partial charge on any atom is 0.328 e. The number of carbonyl (C=O) groups is 2. The van der Waals surface area contributed by atoms with Crippen LogP contribution in [0.1, 0.15) is 33.6 Å². The van der Waals surface area contributed by atoms with Gasteiger partial charge >= 0.3 is 5.97 Å². The van der Waals surface area contributed by atoms with Crippen LogP contribution in [-0.4, -0.2) is 37.7 Å². The lowest BCUT2D eigenvalue weighted by Crippen LogP contribution is -2.52. The number of esters is 1. The van der Waals surface area contributed by atoms with Gasteiger partial charge in [0, 0.05) is 6.61 Å². The highest BCUT2D eigenvalue weighted by Gasteiger charge is 2.36. The number of hydrogen-bond acceptors (Lipinski definition) is 4. The number of nitrogens with one attached hydrogen (secondary N) is 1. The minimum Gasteiger partial charge on any atom is -0.467 e. The van der Waals surface area contributed by atoms with Crippen molar-refractivity contribution in [2.45, 2.75) is 45.8 Å². The van der Waals surface area contributed by atoms with E-state index >= 15 is 0 Å². The second-order valence-corrected chi connectivity index (χ2v) is 5.33. The molecule has 98 valence electrons. The molecule has 1 saturated heterocycles. The van der Waals surface area contributed by atoms with E-state index in [1.807, 2.05) is 20.8 Å². The molecule has 1 aliphatic rings. The van der Waals surface area contributed by atoms with Crippen LogP contribution in [-0.2, 0) is 19.1 Å². The maximum absolute atomic E-state index is 11.9. The first kappa shape index (κ1) is 14.0. The van der Waals surface area contributed by atoms with Gasteiger partial charge in [-0.1, -0.05) is 20.8 Å². The smallest absolute Gasteiger partial charge is 0.328 e. The van der Waals surface area contributed by atoms with Gasteiger partial charge in [0.1, 0.15) is 12.1 Å². The summed E-state index contributed by atoms with van der Waals surface area (Å²) in [5, 5.41) is 2.71. The summed E-state index contributed by atoms with van der Waals surface area (Å²) in [7, 11) is 1.32. The van der Waals surface area contributed by atoms with Crippen LogP contribution in [0.4, 0.5) is 0 Å². The fourth-order valence-electron chi connectivity index (χ4n) is 1.77. The molecule has 17 heavy (non-hydrogen) atoms. The van der Waals surface area contributed by atoms with Crippen LogP contribution in [0, 0.1) is 5.41 Å². The molecule has 5 heteroatoms. The molecule has 0 aromatic carbocycles. The predicted molar refractivity (Wildman–Crippen MR) is 62.4 cm³/mol. The molecule has 1 aliphatic heterocycles. The molecule has 0 spiro atoms. The molecule has 1 rings (SSSR count). The zero-order valence-corrected chi connectivity index (χ0v) is 10.9. The monoisotopic (exact) mass is 243 g/mol. The molecular weight excluding hydrogens is 222 g/mol. The Balaban J connectivity index is 2.66. The first-order chi connectivity index (χ1) is 7.86. The van der Waals surface area contributed by atoms with Crippen LogP contribution < -0.4 is 5.32 Å². The molecule has 1 heterocycles. The lowest BCUT2D eigenvalue weighted by molar-refractivity contribution is -0.149. The van der Waals surface area contributed by atoms with E-state index in [4.69, 9.17) is 9.47 Å². The Hall–Kier alpha value is -1.10. The first-order valence-corrected chi connectivity index (χ1v) is 5.86. The molecule has 1 amide bonds. The van der Waals surface area contributed by atoms with E-state index in [0.29, 0.717) is 13.0 Å². The molecule has 0 aromatic heterocycles. The van der Waals surface area contributed by atoms with Gasteiger partial charge in [-0.25, -0.2) is 4.79 Å². The summed E-state index contributed by atoms with van der Waals surface area (Å²) < 4.78 is 9.99. The average molecular weight is 243 g/mol. The van der Waals surface area contributed by atoms with Crippen molar-refractivity contribution in [1.29, 1.82) is 0 Å². The lowest BCUT2D eigenvalue weighted by atomic mass is 9.86. The molecule has 1 fully saturated rings. The average Bonchev–Trinajstić information content (AvgIpc) is 2.76. The van der Waals surface area contributed by atoms with Gasteiger partial charge in [0.15, 0.2) is 0 Å². The fourth-order valence-corrected chi connectivity index (χ4v) is 1.77. The zero-order chi connectivity index (χ0) is 13.1. The Labute approximate surface area is 102 Å². The van der Waals surface area contributed by atoms with Gasteiger partial charge in [0.05, 0.1) is 7.11 Å². The number of hydrogen-bond donors (Lipinski definition) is 1. The van der Waals surface area contributed by atoms with Gasteiger partial charge < -0.3 is 14.8 Å². The quantitative estimate of drug-likeness (QED) is 0.747. The van der Waals surface area contributed by atoms with Crippen molar-refractivity contribution in [3.63, 3.8) is 0 Å². The molecule has 1 N–H and O–H groups in total. The number of methoxy groups -OCH3 is 1. The number of carbonyl (C=O) groups excluding carboxylic acids is 2. The van der Waals surface area contributed by atoms with Gasteiger partial charge in [-0.05, 0) is 18.3 Å². The summed E-state index contributed by atoms with van der Waals surface area (Å²) in [6.07, 6.45) is 1.17. The van der Waals surface area contributed by atoms with Crippen LogP contribution in [0.25, 0.3) is 0 Å². The van der Waals surface area contributed by atoms with Crippen molar-refractivity contribution in [2.24, 2.45) is 5.41 Å². The minimum atomic E-state index is -0.649. The summed E-state index contributed by atoms with van der Waals surface area (Å²) in [5.41, 5.74) is -0.388. The highest BCUT2D eigenvalue weighted by atomic mass is 16.5. The first-order valence-electron chi connectivity index (χ1n) is 5.86. The topological polar surface area (TPSA) is 64.6 Å². The van der Waals surface area contributed by atoms with Crippen LogP contribution in [0.3, 0.4) is 0 Å². The molecule has 2 atom stereocenters. The molecule has 0 bridgehead atoms. The highest BCUT2D eigenvalue weighted by Crippen LogP contribution is 2.21. The Kier molecular flexibility index (Phi) is 4.51. The summed E-state index contributed by atoms with van der Waals surface area (Å²) in [6.45, 7) is 6.25. The SMILES string of the molecule is COC(=O)[C@@H](NC(=O)[C@H]1CCCO1)C(C)(C)C. The summed E-state index contributed by atoms with van der Waals surface area (Å²) in [6, 6.07) is -0.649. The van der Waals surface area contributed by atoms with Gasteiger partial charge in [-0.2, -0.15) is 0 Å². The number of ether oxygens (including phenoxy) is 2. The number of rotatable bonds is 3. The van der Waals surface area contributed by atoms with Crippen molar-refractivity contribution in [1.82, 2.24) is 5.32 Å². The molecule has 5 nitrogen and oxygen atoms in total. The third kappa shape index (κ3) is 3.70. The minimum absolute atomic E-state index is 0.229. The van der Waals surface area contributed by atoms with Crippen LogP contribution in [0.5, 0.6) is 0 Å². The highest BCUT2D eigenvalue weighted by molar-refractivity contribution is 5.87. The molecule has 0 radical (unpaired) electrons. The lowest BCUT2D eigenvalue weighted by Gasteiger charge is -2.29. The van der Waals surface area contributed by atoms with E-state index in [-0.39, 0.29) is 11.3 Å². The van der Waals surface area contributed by atoms with Crippen molar-refractivity contribution >= 4 is 11.9 Å². The second-order valence-electron chi connectivity index (χ2n) is 5.33. The van der Waals surface area contributed by atoms with E-state index in [2.05, 4.69) is 5.32 Å². The molecule has 0 unspecified atom stereocenters. The van der Waals surface area contributed by atoms with Gasteiger partial charge in [0.2, 0.25) is 5.91 Å². The third-order valence-electron chi connectivity index (χ3n) is 2.81. The van der Waals surface area contributed by atoms with Crippen LogP contribution in [0.2, 0.25) is 0 Å². The van der Waals surface area contributed by atoms with E-state index in [1.165, 1.54) is 7.11 Å². The Morgan fingerprint density at radius 2 is 2.06 bits per heavy atom. The summed E-state index contributed by atoms with van der Waals surface area (Å²) in [4.78, 5) is 23.5. The molecular formula is C12H21NO4.